The number of thiazole rings is 1. The van der Waals surface area contributed by atoms with Crippen LogP contribution in [-0.2, 0) is 5.33 Å². The minimum Gasteiger partial charge on any atom is -0.328 e. The predicted molar refractivity (Wildman–Crippen MR) is 69.1 cm³/mol. The molecule has 0 bridgehead atoms. The lowest BCUT2D eigenvalue weighted by atomic mass is 10.4. The van der Waals surface area contributed by atoms with Gasteiger partial charge in [-0.1, -0.05) is 15.9 Å². The lowest BCUT2D eigenvalue weighted by molar-refractivity contribution is 0.932. The second-order valence-corrected chi connectivity index (χ2v) is 4.68. The van der Waals surface area contributed by atoms with Gasteiger partial charge in [-0.3, -0.25) is 4.40 Å². The van der Waals surface area contributed by atoms with Gasteiger partial charge in [-0.05, 0) is 0 Å². The van der Waals surface area contributed by atoms with E-state index in [1.165, 1.54) is 11.3 Å². The first-order valence-electron chi connectivity index (χ1n) is 4.81. The third kappa shape index (κ3) is 2.12. The Labute approximate surface area is 111 Å². The standard InChI is InChI=1S/C10H8BrN5S/c11-7-8-9(15(3-1-12)4-2-13)14-10-16(8)5-6-17-10/h5-6H,3-4,7H2. The van der Waals surface area contributed by atoms with Crippen molar-refractivity contribution in [2.45, 2.75) is 5.33 Å². The van der Waals surface area contributed by atoms with Crippen molar-refractivity contribution in [1.82, 2.24) is 9.38 Å². The Morgan fingerprint density at radius 3 is 2.71 bits per heavy atom. The van der Waals surface area contributed by atoms with Gasteiger partial charge in [0.25, 0.3) is 0 Å². The van der Waals surface area contributed by atoms with Gasteiger partial charge < -0.3 is 4.90 Å². The van der Waals surface area contributed by atoms with Gasteiger partial charge in [-0.15, -0.1) is 11.3 Å². The number of aromatic nitrogens is 2. The lowest BCUT2D eigenvalue weighted by Gasteiger charge is -2.16. The van der Waals surface area contributed by atoms with Gasteiger partial charge >= 0.3 is 0 Å². The van der Waals surface area contributed by atoms with Crippen LogP contribution in [-0.4, -0.2) is 22.5 Å². The van der Waals surface area contributed by atoms with Crippen LogP contribution in [0.15, 0.2) is 11.6 Å². The van der Waals surface area contributed by atoms with Crippen LogP contribution in [0, 0.1) is 22.7 Å². The largest absolute Gasteiger partial charge is 0.328 e. The first-order valence-corrected chi connectivity index (χ1v) is 6.81. The summed E-state index contributed by atoms with van der Waals surface area (Å²) in [5.74, 6) is 0.705. The summed E-state index contributed by atoms with van der Waals surface area (Å²) in [4.78, 5) is 7.00. The van der Waals surface area contributed by atoms with Crippen molar-refractivity contribution in [3.63, 3.8) is 0 Å². The zero-order valence-corrected chi connectivity index (χ0v) is 11.2. The number of nitriles is 2. The fraction of sp³-hybridized carbons (Fsp3) is 0.300. The van der Waals surface area contributed by atoms with Crippen LogP contribution < -0.4 is 4.90 Å². The van der Waals surface area contributed by atoms with Crippen molar-refractivity contribution in [2.24, 2.45) is 0 Å². The molecule has 0 saturated heterocycles. The van der Waals surface area contributed by atoms with Crippen LogP contribution in [0.25, 0.3) is 4.96 Å². The van der Waals surface area contributed by atoms with E-state index in [-0.39, 0.29) is 13.1 Å². The molecule has 0 saturated carbocycles. The fourth-order valence-electron chi connectivity index (χ4n) is 1.57. The van der Waals surface area contributed by atoms with E-state index >= 15 is 0 Å². The molecule has 0 N–H and O–H groups in total. The van der Waals surface area contributed by atoms with E-state index in [1.54, 1.807) is 4.90 Å². The van der Waals surface area contributed by atoms with Crippen molar-refractivity contribution in [3.05, 3.63) is 17.3 Å². The smallest absolute Gasteiger partial charge is 0.195 e. The summed E-state index contributed by atoms with van der Waals surface area (Å²) in [6.45, 7) is 0.330. The number of imidazole rings is 1. The molecular weight excluding hydrogens is 302 g/mol. The molecular formula is C10H8BrN5S. The third-order valence-electron chi connectivity index (χ3n) is 2.29. The van der Waals surface area contributed by atoms with Crippen molar-refractivity contribution in [2.75, 3.05) is 18.0 Å². The van der Waals surface area contributed by atoms with Gasteiger partial charge in [0.2, 0.25) is 0 Å². The fourth-order valence-corrected chi connectivity index (χ4v) is 2.82. The van der Waals surface area contributed by atoms with Crippen molar-refractivity contribution >= 4 is 38.0 Å². The number of rotatable bonds is 4. The van der Waals surface area contributed by atoms with E-state index in [9.17, 15) is 0 Å². The number of nitrogens with zero attached hydrogens (tertiary/aromatic N) is 5. The highest BCUT2D eigenvalue weighted by Crippen LogP contribution is 2.26. The maximum absolute atomic E-state index is 8.77. The Kier molecular flexibility index (Phi) is 3.62. The summed E-state index contributed by atoms with van der Waals surface area (Å²) >= 11 is 4.94. The minimum atomic E-state index is 0.165. The summed E-state index contributed by atoms with van der Waals surface area (Å²) in [6.07, 6.45) is 1.93. The van der Waals surface area contributed by atoms with E-state index in [0.717, 1.165) is 10.7 Å². The predicted octanol–water partition coefficient (Wildman–Crippen LogP) is 2.14. The molecule has 5 nitrogen and oxygen atoms in total. The molecule has 0 aliphatic rings. The SMILES string of the molecule is N#CCN(CC#N)c1nc2sccn2c1CBr. The maximum atomic E-state index is 8.77. The number of alkyl halides is 1. The molecule has 2 aromatic heterocycles. The Morgan fingerprint density at radius 1 is 1.41 bits per heavy atom. The molecule has 0 unspecified atom stereocenters. The summed E-state index contributed by atoms with van der Waals surface area (Å²) in [5.41, 5.74) is 0.965. The van der Waals surface area contributed by atoms with Crippen LogP contribution in [0.3, 0.4) is 0 Å². The molecule has 2 rings (SSSR count). The van der Waals surface area contributed by atoms with Crippen LogP contribution in [0.2, 0.25) is 0 Å². The molecule has 0 atom stereocenters. The topological polar surface area (TPSA) is 68.1 Å². The second kappa shape index (κ2) is 5.17. The molecule has 0 aromatic carbocycles. The zero-order chi connectivity index (χ0) is 12.3. The monoisotopic (exact) mass is 309 g/mol. The summed E-state index contributed by atoms with van der Waals surface area (Å²) in [6, 6.07) is 4.11. The van der Waals surface area contributed by atoms with Crippen molar-refractivity contribution in [3.8, 4) is 12.1 Å². The molecule has 7 heteroatoms. The minimum absolute atomic E-state index is 0.165. The number of halogens is 1. The average Bonchev–Trinajstić information content (AvgIpc) is 2.87. The van der Waals surface area contributed by atoms with E-state index in [0.29, 0.717) is 11.1 Å². The van der Waals surface area contributed by atoms with E-state index in [2.05, 4.69) is 33.1 Å². The molecule has 0 fully saturated rings. The zero-order valence-electron chi connectivity index (χ0n) is 8.80. The van der Waals surface area contributed by atoms with Gasteiger partial charge in [0.15, 0.2) is 10.8 Å². The lowest BCUT2D eigenvalue weighted by Crippen LogP contribution is -2.25. The number of anilines is 1. The summed E-state index contributed by atoms with van der Waals surface area (Å²) in [5, 5.41) is 20.1. The molecule has 0 aliphatic carbocycles. The van der Waals surface area contributed by atoms with Crippen molar-refractivity contribution in [1.29, 1.82) is 10.5 Å². The molecule has 86 valence electrons. The normalized spacial score (nSPS) is 10.1. The van der Waals surface area contributed by atoms with Gasteiger partial charge in [-0.2, -0.15) is 10.5 Å². The van der Waals surface area contributed by atoms with Crippen molar-refractivity contribution < 1.29 is 0 Å². The molecule has 17 heavy (non-hydrogen) atoms. The molecule has 0 aliphatic heterocycles. The van der Waals surface area contributed by atoms with Gasteiger partial charge in [0.05, 0.1) is 17.8 Å². The Balaban J connectivity index is 2.49. The quantitative estimate of drug-likeness (QED) is 0.641. The molecule has 0 radical (unpaired) electrons. The Bertz CT molecular complexity index is 586. The average molecular weight is 310 g/mol. The summed E-state index contributed by atoms with van der Waals surface area (Å²) < 4.78 is 1.97. The van der Waals surface area contributed by atoms with E-state index in [4.69, 9.17) is 10.5 Å². The van der Waals surface area contributed by atoms with Crippen LogP contribution in [0.5, 0.6) is 0 Å². The van der Waals surface area contributed by atoms with Crippen LogP contribution in [0.4, 0.5) is 5.82 Å². The van der Waals surface area contributed by atoms with Gasteiger partial charge in [-0.25, -0.2) is 4.98 Å². The maximum Gasteiger partial charge on any atom is 0.195 e. The highest BCUT2D eigenvalue weighted by Gasteiger charge is 2.17. The van der Waals surface area contributed by atoms with Gasteiger partial charge in [0, 0.05) is 16.9 Å². The third-order valence-corrected chi connectivity index (χ3v) is 3.58. The Morgan fingerprint density at radius 2 is 2.12 bits per heavy atom. The molecule has 2 heterocycles. The van der Waals surface area contributed by atoms with E-state index < -0.39 is 0 Å². The number of fused-ring (bicyclic) bond motifs is 1. The van der Waals surface area contributed by atoms with Gasteiger partial charge in [0.1, 0.15) is 13.1 Å². The number of hydrogen-bond acceptors (Lipinski definition) is 5. The van der Waals surface area contributed by atoms with Crippen LogP contribution in [0.1, 0.15) is 5.69 Å². The first kappa shape index (κ1) is 11.9. The highest BCUT2D eigenvalue weighted by molar-refractivity contribution is 9.08. The Hall–Kier alpha value is -1.57. The summed E-state index contributed by atoms with van der Waals surface area (Å²) in [7, 11) is 0. The van der Waals surface area contributed by atoms with E-state index in [1.807, 2.05) is 16.0 Å². The molecule has 0 amide bonds. The van der Waals surface area contributed by atoms with Crippen LogP contribution >= 0.6 is 27.3 Å². The second-order valence-electron chi connectivity index (χ2n) is 3.24. The molecule has 0 spiro atoms. The molecule has 2 aromatic rings. The first-order chi connectivity index (χ1) is 8.31. The highest BCUT2D eigenvalue weighted by atomic mass is 79.9. The number of hydrogen-bond donors (Lipinski definition) is 0.